The van der Waals surface area contributed by atoms with Crippen LogP contribution in [-0.4, -0.2) is 15.4 Å². The van der Waals surface area contributed by atoms with Gasteiger partial charge >= 0.3 is 0 Å². The fourth-order valence-electron chi connectivity index (χ4n) is 1.90. The van der Waals surface area contributed by atoms with Gasteiger partial charge in [-0.1, -0.05) is 29.5 Å². The number of aromatic nitrogens is 2. The maximum Gasteiger partial charge on any atom is 0.174 e. The van der Waals surface area contributed by atoms with Gasteiger partial charge in [0.25, 0.3) is 0 Å². The summed E-state index contributed by atoms with van der Waals surface area (Å²) in [6.45, 7) is 5.03. The van der Waals surface area contributed by atoms with Crippen molar-refractivity contribution < 1.29 is 0 Å². The molecule has 5 heteroatoms. The van der Waals surface area contributed by atoms with Crippen molar-refractivity contribution in [3.05, 3.63) is 35.2 Å². The molecule has 0 amide bonds. The Morgan fingerprint density at radius 2 is 2.21 bits per heavy atom. The smallest absolute Gasteiger partial charge is 0.174 e. The average Bonchev–Trinajstić information content (AvgIpc) is 3.13. The highest BCUT2D eigenvalue weighted by Crippen LogP contribution is 2.32. The average molecular weight is 291 g/mol. The zero-order valence-corrected chi connectivity index (χ0v) is 12.8. The normalized spacial score (nSPS) is 14.8. The maximum absolute atomic E-state index is 4.43. The van der Waals surface area contributed by atoms with E-state index < -0.39 is 0 Å². The van der Waals surface area contributed by atoms with E-state index in [1.54, 1.807) is 11.8 Å². The van der Waals surface area contributed by atoms with Crippen molar-refractivity contribution >= 4 is 23.3 Å². The van der Waals surface area contributed by atoms with E-state index in [4.69, 9.17) is 0 Å². The topological polar surface area (TPSA) is 37.8 Å². The highest BCUT2D eigenvalue weighted by atomic mass is 32.2. The minimum Gasteiger partial charge on any atom is -0.310 e. The lowest BCUT2D eigenvalue weighted by molar-refractivity contribution is 0.680. The van der Waals surface area contributed by atoms with Crippen LogP contribution in [0.25, 0.3) is 0 Å². The van der Waals surface area contributed by atoms with Gasteiger partial charge < -0.3 is 5.32 Å². The lowest BCUT2D eigenvalue weighted by Gasteiger charge is -2.09. The molecular formula is C14H17N3S2. The summed E-state index contributed by atoms with van der Waals surface area (Å²) in [6, 6.07) is 7.37. The monoisotopic (exact) mass is 291 g/mol. The van der Waals surface area contributed by atoms with Gasteiger partial charge in [0.1, 0.15) is 5.82 Å². The lowest BCUT2D eigenvalue weighted by Crippen LogP contribution is -2.15. The zero-order valence-electron chi connectivity index (χ0n) is 11.1. The van der Waals surface area contributed by atoms with E-state index >= 15 is 0 Å². The van der Waals surface area contributed by atoms with E-state index in [0.717, 1.165) is 22.8 Å². The van der Waals surface area contributed by atoms with Crippen molar-refractivity contribution in [2.24, 2.45) is 0 Å². The first-order valence-electron chi connectivity index (χ1n) is 6.52. The quantitative estimate of drug-likeness (QED) is 0.914. The lowest BCUT2D eigenvalue weighted by atomic mass is 10.1. The van der Waals surface area contributed by atoms with Crippen LogP contribution >= 0.6 is 23.3 Å². The number of benzene rings is 1. The van der Waals surface area contributed by atoms with Gasteiger partial charge in [0.15, 0.2) is 4.34 Å². The zero-order chi connectivity index (χ0) is 13.2. The molecule has 1 heterocycles. The van der Waals surface area contributed by atoms with E-state index in [0.29, 0.717) is 0 Å². The third-order valence-electron chi connectivity index (χ3n) is 3.08. The summed E-state index contributed by atoms with van der Waals surface area (Å²) in [5.41, 5.74) is 2.68. The van der Waals surface area contributed by atoms with Crippen molar-refractivity contribution in [1.82, 2.24) is 14.7 Å². The Kier molecular flexibility index (Phi) is 3.86. The molecule has 0 radical (unpaired) electrons. The molecule has 1 fully saturated rings. The minimum absolute atomic E-state index is 0.738. The summed E-state index contributed by atoms with van der Waals surface area (Å²) in [4.78, 5) is 5.71. The summed E-state index contributed by atoms with van der Waals surface area (Å²) in [7, 11) is 0. The molecule has 19 heavy (non-hydrogen) atoms. The Labute approximate surface area is 122 Å². The van der Waals surface area contributed by atoms with Gasteiger partial charge in [0, 0.05) is 17.5 Å². The third kappa shape index (κ3) is 3.55. The number of aryl methyl sites for hydroxylation is 2. The van der Waals surface area contributed by atoms with Crippen LogP contribution in [0.15, 0.2) is 27.4 Å². The van der Waals surface area contributed by atoms with Crippen LogP contribution in [0.2, 0.25) is 0 Å². The third-order valence-corrected chi connectivity index (χ3v) is 5.04. The standard InChI is InChI=1S/C14H17N3S2/c1-9-3-6-13(18-14-16-10(2)17-19-14)11(7-9)8-15-12-4-5-12/h3,6-7,12,15H,4-5,8H2,1-2H3. The summed E-state index contributed by atoms with van der Waals surface area (Å²) in [6.07, 6.45) is 2.65. The summed E-state index contributed by atoms with van der Waals surface area (Å²) in [5, 5.41) is 3.59. The first kappa shape index (κ1) is 13.1. The molecule has 1 N–H and O–H groups in total. The van der Waals surface area contributed by atoms with Crippen molar-refractivity contribution in [1.29, 1.82) is 0 Å². The number of nitrogens with one attached hydrogen (secondary N) is 1. The van der Waals surface area contributed by atoms with Gasteiger partial charge in [0.2, 0.25) is 0 Å². The second kappa shape index (κ2) is 5.61. The first-order chi connectivity index (χ1) is 9.20. The molecular weight excluding hydrogens is 274 g/mol. The number of hydrogen-bond donors (Lipinski definition) is 1. The molecule has 1 aliphatic rings. The van der Waals surface area contributed by atoms with Gasteiger partial charge in [-0.2, -0.15) is 4.37 Å². The molecule has 1 aliphatic carbocycles. The molecule has 1 aromatic carbocycles. The highest BCUT2D eigenvalue weighted by Gasteiger charge is 2.20. The molecule has 0 spiro atoms. The Morgan fingerprint density at radius 3 is 2.89 bits per heavy atom. The predicted molar refractivity (Wildman–Crippen MR) is 79.8 cm³/mol. The Hall–Kier alpha value is -0.910. The molecule has 2 aromatic rings. The Morgan fingerprint density at radius 1 is 1.37 bits per heavy atom. The van der Waals surface area contributed by atoms with Crippen LogP contribution in [0.4, 0.5) is 0 Å². The van der Waals surface area contributed by atoms with Crippen LogP contribution in [0, 0.1) is 13.8 Å². The van der Waals surface area contributed by atoms with E-state index in [9.17, 15) is 0 Å². The first-order valence-corrected chi connectivity index (χ1v) is 8.11. The number of hydrogen-bond acceptors (Lipinski definition) is 5. The minimum atomic E-state index is 0.738. The van der Waals surface area contributed by atoms with Crippen LogP contribution < -0.4 is 5.32 Å². The van der Waals surface area contributed by atoms with E-state index in [1.165, 1.54) is 40.4 Å². The van der Waals surface area contributed by atoms with Crippen molar-refractivity contribution in [3.8, 4) is 0 Å². The SMILES string of the molecule is Cc1ccc(Sc2nc(C)ns2)c(CNC2CC2)c1. The number of rotatable bonds is 5. The molecule has 0 unspecified atom stereocenters. The van der Waals surface area contributed by atoms with Gasteiger partial charge in [-0.25, -0.2) is 4.98 Å². The molecule has 100 valence electrons. The van der Waals surface area contributed by atoms with Crippen LogP contribution in [0.1, 0.15) is 29.8 Å². The van der Waals surface area contributed by atoms with Crippen LogP contribution in [0.3, 0.4) is 0 Å². The highest BCUT2D eigenvalue weighted by molar-refractivity contribution is 8.01. The molecule has 1 aromatic heterocycles. The summed E-state index contributed by atoms with van der Waals surface area (Å²) in [5.74, 6) is 0.859. The fraction of sp³-hybridized carbons (Fsp3) is 0.429. The second-order valence-corrected chi connectivity index (χ2v) is 7.02. The van der Waals surface area contributed by atoms with E-state index in [2.05, 4.69) is 39.8 Å². The molecule has 0 atom stereocenters. The predicted octanol–water partition coefficient (Wildman–Crippen LogP) is 3.56. The molecule has 1 saturated carbocycles. The van der Waals surface area contributed by atoms with E-state index in [-0.39, 0.29) is 0 Å². The Bertz CT molecular complexity index is 576. The van der Waals surface area contributed by atoms with Crippen molar-refractivity contribution in [2.75, 3.05) is 0 Å². The largest absolute Gasteiger partial charge is 0.310 e. The van der Waals surface area contributed by atoms with Gasteiger partial charge in [-0.3, -0.25) is 0 Å². The van der Waals surface area contributed by atoms with Gasteiger partial charge in [-0.05, 0) is 49.9 Å². The molecule has 3 nitrogen and oxygen atoms in total. The molecule has 0 bridgehead atoms. The number of nitrogens with zero attached hydrogens (tertiary/aromatic N) is 2. The van der Waals surface area contributed by atoms with Crippen LogP contribution in [-0.2, 0) is 6.54 Å². The molecule has 0 aliphatic heterocycles. The fourth-order valence-corrected chi connectivity index (χ4v) is 3.62. The summed E-state index contributed by atoms with van der Waals surface area (Å²) >= 11 is 3.20. The van der Waals surface area contributed by atoms with Crippen molar-refractivity contribution in [3.63, 3.8) is 0 Å². The molecule has 0 saturated heterocycles. The second-order valence-electron chi connectivity index (χ2n) is 4.98. The van der Waals surface area contributed by atoms with Gasteiger partial charge in [0.05, 0.1) is 0 Å². The van der Waals surface area contributed by atoms with Crippen LogP contribution in [0.5, 0.6) is 0 Å². The van der Waals surface area contributed by atoms with E-state index in [1.807, 2.05) is 6.92 Å². The maximum atomic E-state index is 4.43. The molecule has 3 rings (SSSR count). The Balaban J connectivity index is 1.77. The summed E-state index contributed by atoms with van der Waals surface area (Å²) < 4.78 is 5.26. The van der Waals surface area contributed by atoms with Crippen molar-refractivity contribution in [2.45, 2.75) is 48.5 Å². The van der Waals surface area contributed by atoms with Gasteiger partial charge in [-0.15, -0.1) is 0 Å².